The Hall–Kier alpha value is -7.30. The average Bonchev–Trinajstić information content (AvgIpc) is 4.15. The van der Waals surface area contributed by atoms with E-state index in [9.17, 15) is 19.2 Å². The normalized spacial score (nSPS) is 15.7. The standard InChI is InChI=1S/C57H65N11O4S/c1-36-49(73-35-63-36)39-19-16-38(17-20-39)34-62-54(71)46-14-9-32-67(46)55(72)50(56(2,3)4)66-48(70)15-5-6-30-60-47(69)27-18-37-11-7-12-40(33-37)44-25-26-45-53(64-44)68(52(65-45)43-13-8-31-61-51(43)58)42-23-21-41(22-24-42)57(59)28-10-29-57/h7-8,11-13,16-17,19-26,31,33,35,46,50H,5-6,9-10,14-15,18,27-30,32,34,59H2,1-4H3,(H2,58,61)(H,60,69)(H,62,71)(H,66,70)/t46-,50?/m0/s1. The average molecular weight is 1000 g/mol. The third kappa shape index (κ3) is 11.5. The number of unbranched alkanes of at least 4 members (excludes halogenated alkanes) is 1. The highest BCUT2D eigenvalue weighted by Gasteiger charge is 2.42. The molecule has 15 nitrogen and oxygen atoms in total. The minimum absolute atomic E-state index is 0.0770. The molecule has 5 heterocycles. The fourth-order valence-electron chi connectivity index (χ4n) is 9.82. The molecule has 0 bridgehead atoms. The summed E-state index contributed by atoms with van der Waals surface area (Å²) in [5.41, 5.74) is 23.8. The zero-order valence-corrected chi connectivity index (χ0v) is 42.9. The summed E-state index contributed by atoms with van der Waals surface area (Å²) in [6.45, 7) is 8.96. The number of thiazole rings is 1. The Balaban J connectivity index is 0.751. The molecule has 2 aliphatic rings. The second-order valence-corrected chi connectivity index (χ2v) is 21.4. The summed E-state index contributed by atoms with van der Waals surface area (Å²) in [5.74, 6) is 0.245. The summed E-state index contributed by atoms with van der Waals surface area (Å²) in [7, 11) is 0. The van der Waals surface area contributed by atoms with Gasteiger partial charge in [-0.1, -0.05) is 75.4 Å². The number of pyridine rings is 2. The maximum absolute atomic E-state index is 14.1. The number of aromatic nitrogens is 5. The Morgan fingerprint density at radius 2 is 1.63 bits per heavy atom. The van der Waals surface area contributed by atoms with E-state index in [4.69, 9.17) is 21.4 Å². The van der Waals surface area contributed by atoms with Crippen molar-refractivity contribution in [2.45, 2.75) is 116 Å². The fourth-order valence-corrected chi connectivity index (χ4v) is 10.6. The molecule has 2 fully saturated rings. The molecule has 1 aliphatic carbocycles. The first-order valence-electron chi connectivity index (χ1n) is 25.4. The molecule has 1 aliphatic heterocycles. The number of carbonyl (C=O) groups is 4. The van der Waals surface area contributed by atoms with Crippen LogP contribution < -0.4 is 27.4 Å². The zero-order valence-electron chi connectivity index (χ0n) is 42.1. The number of imidazole rings is 1. The van der Waals surface area contributed by atoms with Crippen LogP contribution in [-0.4, -0.2) is 78.2 Å². The van der Waals surface area contributed by atoms with E-state index in [0.717, 1.165) is 69.0 Å². The molecule has 4 aromatic heterocycles. The number of nitrogens with two attached hydrogens (primary N) is 2. The van der Waals surface area contributed by atoms with E-state index in [1.54, 1.807) is 22.4 Å². The molecule has 7 aromatic rings. The topological polar surface area (TPSA) is 216 Å². The lowest BCUT2D eigenvalue weighted by molar-refractivity contribution is -0.143. The number of nitrogens with one attached hydrogen (secondary N) is 3. The fraction of sp³-hybridized carbons (Fsp3) is 0.368. The van der Waals surface area contributed by atoms with E-state index < -0.39 is 17.5 Å². The van der Waals surface area contributed by atoms with Crippen LogP contribution in [0.5, 0.6) is 0 Å². The van der Waals surface area contributed by atoms with Gasteiger partial charge in [0.2, 0.25) is 23.6 Å². The van der Waals surface area contributed by atoms with Crippen LogP contribution in [0.4, 0.5) is 5.82 Å². The Bertz CT molecular complexity index is 3120. The molecule has 1 saturated heterocycles. The lowest BCUT2D eigenvalue weighted by atomic mass is 9.73. The van der Waals surface area contributed by atoms with Crippen molar-refractivity contribution in [1.82, 2.24) is 45.4 Å². The predicted octanol–water partition coefficient (Wildman–Crippen LogP) is 8.56. The van der Waals surface area contributed by atoms with Crippen molar-refractivity contribution in [3.63, 3.8) is 0 Å². The maximum Gasteiger partial charge on any atom is 0.246 e. The van der Waals surface area contributed by atoms with Crippen molar-refractivity contribution < 1.29 is 19.2 Å². The lowest BCUT2D eigenvalue weighted by Gasteiger charge is -2.38. The molecule has 16 heteroatoms. The number of fused-ring (bicyclic) bond motifs is 1. The van der Waals surface area contributed by atoms with Crippen LogP contribution in [0.1, 0.15) is 101 Å². The minimum atomic E-state index is -0.805. The van der Waals surface area contributed by atoms with E-state index in [0.29, 0.717) is 86.5 Å². The first-order chi connectivity index (χ1) is 35.1. The smallest absolute Gasteiger partial charge is 0.246 e. The molecular weight excluding hydrogens is 935 g/mol. The van der Waals surface area contributed by atoms with Crippen LogP contribution in [-0.2, 0) is 37.7 Å². The second kappa shape index (κ2) is 21.8. The van der Waals surface area contributed by atoms with Crippen molar-refractivity contribution in [3.8, 4) is 38.8 Å². The van der Waals surface area contributed by atoms with Crippen LogP contribution in [0.3, 0.4) is 0 Å². The number of amides is 4. The molecule has 3 aromatic carbocycles. The van der Waals surface area contributed by atoms with Gasteiger partial charge in [-0.15, -0.1) is 11.3 Å². The second-order valence-electron chi connectivity index (χ2n) is 20.5. The van der Waals surface area contributed by atoms with Gasteiger partial charge in [0.1, 0.15) is 23.4 Å². The number of hydrogen-bond donors (Lipinski definition) is 5. The van der Waals surface area contributed by atoms with Crippen molar-refractivity contribution in [3.05, 3.63) is 131 Å². The van der Waals surface area contributed by atoms with Gasteiger partial charge >= 0.3 is 0 Å². The largest absolute Gasteiger partial charge is 0.383 e. The molecule has 73 heavy (non-hydrogen) atoms. The number of nitrogen functional groups attached to an aromatic ring is 1. The zero-order chi connectivity index (χ0) is 51.3. The molecule has 0 spiro atoms. The highest BCUT2D eigenvalue weighted by Crippen LogP contribution is 2.40. The summed E-state index contributed by atoms with van der Waals surface area (Å²) in [6.07, 6.45) is 8.16. The number of likely N-dealkylation sites (tertiary alicyclic amines) is 1. The van der Waals surface area contributed by atoms with Gasteiger partial charge in [0.05, 0.1) is 27.3 Å². The first kappa shape index (κ1) is 50.6. The third-order valence-corrected chi connectivity index (χ3v) is 15.2. The third-order valence-electron chi connectivity index (χ3n) is 14.2. The van der Waals surface area contributed by atoms with Crippen LogP contribution in [0, 0.1) is 12.3 Å². The van der Waals surface area contributed by atoms with Crippen LogP contribution in [0.25, 0.3) is 49.9 Å². The van der Waals surface area contributed by atoms with Crippen molar-refractivity contribution in [2.24, 2.45) is 11.1 Å². The monoisotopic (exact) mass is 999 g/mol. The predicted molar refractivity (Wildman–Crippen MR) is 287 cm³/mol. The number of nitrogens with zero attached hydrogens (tertiary/aromatic N) is 6. The van der Waals surface area contributed by atoms with Gasteiger partial charge < -0.3 is 32.3 Å². The number of benzene rings is 3. The van der Waals surface area contributed by atoms with Crippen LogP contribution in [0.15, 0.2) is 109 Å². The SMILES string of the molecule is Cc1ncsc1-c1ccc(CNC(=O)[C@@H]2CCCN2C(=O)C(NC(=O)CCCCNC(=O)CCc2cccc(-c3ccc4nc(-c5cccnc5N)n(-c5ccc(C6(N)CCC6)cc5)c4n3)c2)C(C)(C)C)cc1. The maximum atomic E-state index is 14.1. The molecule has 4 amide bonds. The molecule has 7 N–H and O–H groups in total. The van der Waals surface area contributed by atoms with Crippen molar-refractivity contribution in [1.29, 1.82) is 0 Å². The number of carbonyl (C=O) groups excluding carboxylic acids is 4. The number of anilines is 1. The summed E-state index contributed by atoms with van der Waals surface area (Å²) in [5, 5.41) is 9.03. The first-order valence-corrected chi connectivity index (χ1v) is 26.3. The summed E-state index contributed by atoms with van der Waals surface area (Å²) in [6, 6.07) is 30.7. The van der Waals surface area contributed by atoms with Gasteiger partial charge in [0.15, 0.2) is 11.5 Å². The van der Waals surface area contributed by atoms with Gasteiger partial charge in [-0.05, 0) is 128 Å². The van der Waals surface area contributed by atoms with Gasteiger partial charge in [-0.3, -0.25) is 23.7 Å². The van der Waals surface area contributed by atoms with Gasteiger partial charge in [0, 0.05) is 55.5 Å². The highest BCUT2D eigenvalue weighted by atomic mass is 32.1. The van der Waals surface area contributed by atoms with Gasteiger partial charge in [-0.25, -0.2) is 19.9 Å². The highest BCUT2D eigenvalue weighted by molar-refractivity contribution is 7.13. The molecule has 1 saturated carbocycles. The number of rotatable bonds is 18. The van der Waals surface area contributed by atoms with E-state index in [2.05, 4.69) is 56.3 Å². The van der Waals surface area contributed by atoms with Crippen LogP contribution in [0.2, 0.25) is 0 Å². The van der Waals surface area contributed by atoms with E-state index in [1.807, 2.05) is 105 Å². The number of hydrogen-bond acceptors (Lipinski definition) is 11. The van der Waals surface area contributed by atoms with Gasteiger partial charge in [-0.2, -0.15) is 0 Å². The van der Waals surface area contributed by atoms with Crippen molar-refractivity contribution >= 4 is 51.9 Å². The quantitative estimate of drug-likeness (QED) is 0.0516. The Kier molecular flexibility index (Phi) is 15.1. The van der Waals surface area contributed by atoms with E-state index >= 15 is 0 Å². The molecule has 2 atom stereocenters. The van der Waals surface area contributed by atoms with Crippen molar-refractivity contribution in [2.75, 3.05) is 18.8 Å². The Morgan fingerprint density at radius 3 is 2.34 bits per heavy atom. The molecule has 1 unspecified atom stereocenters. The summed E-state index contributed by atoms with van der Waals surface area (Å²) >= 11 is 1.60. The Labute approximate surface area is 430 Å². The van der Waals surface area contributed by atoms with Crippen LogP contribution >= 0.6 is 11.3 Å². The lowest BCUT2D eigenvalue weighted by Crippen LogP contribution is -2.57. The van der Waals surface area contributed by atoms with E-state index in [-0.39, 0.29) is 35.6 Å². The molecule has 378 valence electrons. The molecule has 9 rings (SSSR count). The Morgan fingerprint density at radius 1 is 0.836 bits per heavy atom. The summed E-state index contributed by atoms with van der Waals surface area (Å²) in [4.78, 5) is 75.5. The molecular formula is C57H65N11O4S. The van der Waals surface area contributed by atoms with Gasteiger partial charge in [0.25, 0.3) is 0 Å². The minimum Gasteiger partial charge on any atom is -0.383 e. The number of aryl methyl sites for hydroxylation is 2. The summed E-state index contributed by atoms with van der Waals surface area (Å²) < 4.78 is 2.02. The molecule has 0 radical (unpaired) electrons. The van der Waals surface area contributed by atoms with E-state index in [1.165, 1.54) is 0 Å².